The van der Waals surface area contributed by atoms with Crippen molar-refractivity contribution >= 4 is 0 Å². The van der Waals surface area contributed by atoms with E-state index in [9.17, 15) is 40.9 Å². The topological polar surface area (TPSA) is 180 Å². The van der Waals surface area contributed by atoms with E-state index in [1.165, 1.54) is 0 Å². The predicted molar refractivity (Wildman–Crippen MR) is 124 cm³/mol. The molecule has 0 amide bonds. The summed E-state index contributed by atoms with van der Waals surface area (Å²) in [6.45, 7) is -1.04. The second kappa shape index (κ2) is 11.3. The number of hydrogen-bond acceptors (Lipinski definition) is 10. The monoisotopic (exact) mass is 502 g/mol. The third-order valence-corrected chi connectivity index (χ3v) is 6.57. The molecule has 0 bridgehead atoms. The van der Waals surface area contributed by atoms with Crippen LogP contribution in [0.25, 0.3) is 0 Å². The lowest BCUT2D eigenvalue weighted by molar-refractivity contribution is -0.231. The van der Waals surface area contributed by atoms with Crippen LogP contribution in [0.5, 0.6) is 0 Å². The maximum atomic E-state index is 10.4. The van der Waals surface area contributed by atoms with Crippen molar-refractivity contribution in [2.75, 3.05) is 13.2 Å². The van der Waals surface area contributed by atoms with Crippen LogP contribution in [0.3, 0.4) is 0 Å². The highest BCUT2D eigenvalue weighted by atomic mass is 16.6. The van der Waals surface area contributed by atoms with Crippen molar-refractivity contribution in [2.45, 2.75) is 61.0 Å². The largest absolute Gasteiger partial charge is 0.394 e. The minimum Gasteiger partial charge on any atom is -0.394 e. The number of aliphatic hydroxyl groups is 8. The van der Waals surface area contributed by atoms with Gasteiger partial charge in [-0.1, -0.05) is 36.1 Å². The van der Waals surface area contributed by atoms with Crippen molar-refractivity contribution in [3.63, 3.8) is 0 Å². The van der Waals surface area contributed by atoms with Crippen molar-refractivity contribution < 1.29 is 50.3 Å². The highest BCUT2D eigenvalue weighted by molar-refractivity contribution is 5.46. The molecule has 2 fully saturated rings. The van der Waals surface area contributed by atoms with E-state index in [0.717, 1.165) is 0 Å². The molecule has 10 atom stereocenters. The number of rotatable bonds is 4. The van der Waals surface area contributed by atoms with Crippen LogP contribution in [-0.4, -0.2) is 103 Å². The third-order valence-electron chi connectivity index (χ3n) is 6.57. The van der Waals surface area contributed by atoms with Crippen LogP contribution < -0.4 is 0 Å². The maximum Gasteiger partial charge on any atom is 0.113 e. The predicted octanol–water partition coefficient (Wildman–Crippen LogP) is -1.88. The van der Waals surface area contributed by atoms with Crippen molar-refractivity contribution in [3.05, 3.63) is 70.8 Å². The van der Waals surface area contributed by atoms with Gasteiger partial charge in [0, 0.05) is 11.1 Å². The van der Waals surface area contributed by atoms with Gasteiger partial charge in [-0.3, -0.25) is 0 Å². The SMILES string of the molecule is OCC1O[C@H](c2cccc(C#Cc3cccc([C@H]4OC(CO)[C@@H](O)C(O)C4O)c3)c2)C(O)C(O)[C@@H]1O. The summed E-state index contributed by atoms with van der Waals surface area (Å²) in [5.41, 5.74) is 2.16. The Hall–Kier alpha value is -2.40. The van der Waals surface area contributed by atoms with Crippen LogP contribution in [0.4, 0.5) is 0 Å². The smallest absolute Gasteiger partial charge is 0.113 e. The average Bonchev–Trinajstić information content (AvgIpc) is 2.90. The summed E-state index contributed by atoms with van der Waals surface area (Å²) in [5.74, 6) is 5.99. The van der Waals surface area contributed by atoms with Crippen LogP contribution in [0.1, 0.15) is 34.5 Å². The highest BCUT2D eigenvalue weighted by Crippen LogP contribution is 2.34. The molecule has 10 heteroatoms. The molecular weight excluding hydrogens is 472 g/mol. The Bertz CT molecular complexity index is 1010. The van der Waals surface area contributed by atoms with Crippen LogP contribution in [0.15, 0.2) is 48.5 Å². The van der Waals surface area contributed by atoms with Gasteiger partial charge in [-0.2, -0.15) is 0 Å². The van der Waals surface area contributed by atoms with Gasteiger partial charge in [0.05, 0.1) is 13.2 Å². The zero-order chi connectivity index (χ0) is 26.0. The lowest BCUT2D eigenvalue weighted by Gasteiger charge is -2.40. The van der Waals surface area contributed by atoms with Crippen molar-refractivity contribution in [2.24, 2.45) is 0 Å². The molecule has 0 saturated carbocycles. The number of benzene rings is 2. The number of aliphatic hydroxyl groups excluding tert-OH is 8. The molecule has 6 unspecified atom stereocenters. The quantitative estimate of drug-likeness (QED) is 0.220. The minimum atomic E-state index is -1.49. The van der Waals surface area contributed by atoms with E-state index >= 15 is 0 Å². The minimum absolute atomic E-state index is 0.508. The summed E-state index contributed by atoms with van der Waals surface area (Å²) in [6.07, 6.45) is -12.7. The van der Waals surface area contributed by atoms with Crippen LogP contribution >= 0.6 is 0 Å². The Kier molecular flexibility index (Phi) is 8.39. The molecule has 0 spiro atoms. The molecule has 0 aliphatic carbocycles. The zero-order valence-electron chi connectivity index (χ0n) is 19.2. The molecule has 8 N–H and O–H groups in total. The van der Waals surface area contributed by atoms with Crippen molar-refractivity contribution in [1.29, 1.82) is 0 Å². The molecule has 0 aromatic heterocycles. The first-order valence-corrected chi connectivity index (χ1v) is 11.6. The van der Waals surface area contributed by atoms with Gasteiger partial charge < -0.3 is 50.3 Å². The van der Waals surface area contributed by atoms with E-state index in [-0.39, 0.29) is 0 Å². The van der Waals surface area contributed by atoms with Crippen LogP contribution in [0, 0.1) is 11.8 Å². The van der Waals surface area contributed by atoms with E-state index in [1.807, 2.05) is 0 Å². The molecule has 2 saturated heterocycles. The van der Waals surface area contributed by atoms with Gasteiger partial charge in [-0.25, -0.2) is 0 Å². The molecule has 4 rings (SSSR count). The first-order chi connectivity index (χ1) is 17.2. The van der Waals surface area contributed by atoms with Gasteiger partial charge in [0.2, 0.25) is 0 Å². The van der Waals surface area contributed by atoms with E-state index < -0.39 is 74.3 Å². The molecule has 2 aromatic carbocycles. The Morgan fingerprint density at radius 3 is 1.31 bits per heavy atom. The fraction of sp³-hybridized carbons (Fsp3) is 0.462. The van der Waals surface area contributed by atoms with E-state index in [2.05, 4.69) is 11.8 Å². The Labute approximate surface area is 207 Å². The third kappa shape index (κ3) is 5.32. The molecular formula is C26H30O10. The van der Waals surface area contributed by atoms with E-state index in [4.69, 9.17) is 9.47 Å². The van der Waals surface area contributed by atoms with Gasteiger partial charge in [0.25, 0.3) is 0 Å². The maximum absolute atomic E-state index is 10.4. The first-order valence-electron chi connectivity index (χ1n) is 11.6. The standard InChI is InChI=1S/C26H30O10/c27-11-17-19(29)21(31)23(33)25(35-17)15-5-1-3-13(9-15)7-8-14-4-2-6-16(10-14)26-24(34)22(32)20(30)18(12-28)36-26/h1-6,9-10,17-34H,11-12H2/t17?,18?,19-,20-,21?,22?,23?,24?,25-,26-/m1/s1. The summed E-state index contributed by atoms with van der Waals surface area (Å²) in [4.78, 5) is 0. The molecule has 0 radical (unpaired) electrons. The van der Waals surface area contributed by atoms with E-state index in [1.54, 1.807) is 48.5 Å². The molecule has 2 aliphatic rings. The summed E-state index contributed by atoms with van der Waals surface area (Å²) in [5, 5.41) is 79.8. The first kappa shape index (κ1) is 26.7. The molecule has 194 valence electrons. The normalized spacial score (nSPS) is 36.7. The van der Waals surface area contributed by atoms with Crippen LogP contribution in [0.2, 0.25) is 0 Å². The molecule has 10 nitrogen and oxygen atoms in total. The van der Waals surface area contributed by atoms with Gasteiger partial charge >= 0.3 is 0 Å². The Balaban J connectivity index is 1.55. The summed E-state index contributed by atoms with van der Waals surface area (Å²) >= 11 is 0. The van der Waals surface area contributed by atoms with Crippen molar-refractivity contribution in [1.82, 2.24) is 0 Å². The Morgan fingerprint density at radius 2 is 0.944 bits per heavy atom. The fourth-order valence-corrected chi connectivity index (χ4v) is 4.49. The Morgan fingerprint density at radius 1 is 0.556 bits per heavy atom. The highest BCUT2D eigenvalue weighted by Gasteiger charge is 2.45. The lowest BCUT2D eigenvalue weighted by atomic mass is 9.90. The summed E-state index contributed by atoms with van der Waals surface area (Å²) < 4.78 is 11.2. The van der Waals surface area contributed by atoms with Gasteiger partial charge in [0.1, 0.15) is 61.0 Å². The van der Waals surface area contributed by atoms with Gasteiger partial charge in [0.15, 0.2) is 0 Å². The van der Waals surface area contributed by atoms with Gasteiger partial charge in [-0.15, -0.1) is 0 Å². The zero-order valence-corrected chi connectivity index (χ0v) is 19.2. The van der Waals surface area contributed by atoms with Crippen molar-refractivity contribution in [3.8, 4) is 11.8 Å². The second-order valence-electron chi connectivity index (χ2n) is 9.00. The molecule has 36 heavy (non-hydrogen) atoms. The molecule has 2 aromatic rings. The van der Waals surface area contributed by atoms with E-state index in [0.29, 0.717) is 22.3 Å². The summed E-state index contributed by atoms with van der Waals surface area (Å²) in [6, 6.07) is 13.6. The second-order valence-corrected chi connectivity index (χ2v) is 9.00. The molecule has 2 heterocycles. The average molecular weight is 503 g/mol. The number of hydrogen-bond donors (Lipinski definition) is 8. The summed E-state index contributed by atoms with van der Waals surface area (Å²) in [7, 11) is 0. The number of ether oxygens (including phenoxy) is 2. The molecule has 2 aliphatic heterocycles. The lowest BCUT2D eigenvalue weighted by Crippen LogP contribution is -2.55. The fourth-order valence-electron chi connectivity index (χ4n) is 4.49. The van der Waals surface area contributed by atoms with Crippen LogP contribution in [-0.2, 0) is 9.47 Å². The van der Waals surface area contributed by atoms with Gasteiger partial charge in [-0.05, 0) is 35.4 Å².